The van der Waals surface area contributed by atoms with E-state index >= 15 is 0 Å². The van der Waals surface area contributed by atoms with Gasteiger partial charge in [-0.25, -0.2) is 9.97 Å². The fraction of sp³-hybridized carbons (Fsp3) is 0.615. The molecule has 5 heteroatoms. The van der Waals surface area contributed by atoms with Crippen molar-refractivity contribution in [3.8, 4) is 6.07 Å². The van der Waals surface area contributed by atoms with Crippen LogP contribution in [0, 0.1) is 11.3 Å². The minimum Gasteiger partial charge on any atom is -0.373 e. The fourth-order valence-corrected chi connectivity index (χ4v) is 1.72. The molecule has 0 aliphatic rings. The van der Waals surface area contributed by atoms with E-state index in [2.05, 4.69) is 40.1 Å². The molecule has 1 rings (SSSR count). The Labute approximate surface area is 109 Å². The molecule has 1 aromatic rings. The topological polar surface area (TPSA) is 64.8 Å². The second-order valence-electron chi connectivity index (χ2n) is 4.33. The summed E-state index contributed by atoms with van der Waals surface area (Å²) in [5.74, 6) is 2.52. The zero-order valence-corrected chi connectivity index (χ0v) is 11.6. The van der Waals surface area contributed by atoms with E-state index in [1.807, 2.05) is 20.0 Å². The minimum absolute atomic E-state index is 0.308. The van der Waals surface area contributed by atoms with E-state index in [0.717, 1.165) is 23.9 Å². The van der Waals surface area contributed by atoms with Gasteiger partial charge in [-0.1, -0.05) is 6.92 Å². The maximum absolute atomic E-state index is 8.72. The quantitative estimate of drug-likeness (QED) is 0.835. The lowest BCUT2D eigenvalue weighted by Crippen LogP contribution is -2.32. The molecule has 0 unspecified atom stereocenters. The lowest BCUT2D eigenvalue weighted by molar-refractivity contribution is 0.672. The first-order valence-corrected chi connectivity index (χ1v) is 6.31. The van der Waals surface area contributed by atoms with Gasteiger partial charge in [-0.15, -0.1) is 0 Å². The second kappa shape index (κ2) is 6.80. The summed E-state index contributed by atoms with van der Waals surface area (Å²) in [6.07, 6.45) is 1.30. The minimum atomic E-state index is 0.308. The van der Waals surface area contributed by atoms with Gasteiger partial charge in [0.1, 0.15) is 17.5 Å². The van der Waals surface area contributed by atoms with Crippen molar-refractivity contribution in [2.24, 2.45) is 0 Å². The predicted molar refractivity (Wildman–Crippen MR) is 73.7 cm³/mol. The van der Waals surface area contributed by atoms with E-state index in [0.29, 0.717) is 19.0 Å². The number of aromatic nitrogens is 2. The Kier molecular flexibility index (Phi) is 5.37. The normalized spacial score (nSPS) is 10.2. The molecule has 0 atom stereocenters. The van der Waals surface area contributed by atoms with Crippen molar-refractivity contribution >= 4 is 11.6 Å². The predicted octanol–water partition coefficient (Wildman–Crippen LogP) is 2.21. The standard InChI is InChI=1S/C13H21N5/c1-5-11-16-12(15-4)9-13(17-11)18(10(2)3)8-6-7-14/h9-10H,5-6,8H2,1-4H3,(H,15,16,17). The summed E-state index contributed by atoms with van der Waals surface area (Å²) in [5.41, 5.74) is 0. The molecule has 18 heavy (non-hydrogen) atoms. The maximum Gasteiger partial charge on any atom is 0.134 e. The first-order chi connectivity index (χ1) is 8.62. The van der Waals surface area contributed by atoms with Gasteiger partial charge >= 0.3 is 0 Å². The highest BCUT2D eigenvalue weighted by atomic mass is 15.2. The third-order valence-corrected chi connectivity index (χ3v) is 2.71. The molecule has 0 aliphatic heterocycles. The molecule has 1 aromatic heterocycles. The summed E-state index contributed by atoms with van der Waals surface area (Å²) in [6.45, 7) is 6.93. The Bertz CT molecular complexity index is 400. The van der Waals surface area contributed by atoms with Gasteiger partial charge < -0.3 is 10.2 Å². The van der Waals surface area contributed by atoms with Gasteiger partial charge in [0.2, 0.25) is 0 Å². The summed E-state index contributed by atoms with van der Waals surface area (Å²) in [6, 6.07) is 4.41. The van der Waals surface area contributed by atoms with Gasteiger partial charge in [-0.3, -0.25) is 0 Å². The third kappa shape index (κ3) is 3.59. The molecule has 98 valence electrons. The number of rotatable bonds is 6. The van der Waals surface area contributed by atoms with E-state index in [-0.39, 0.29) is 0 Å². The molecule has 0 aliphatic carbocycles. The van der Waals surface area contributed by atoms with E-state index in [1.165, 1.54) is 0 Å². The van der Waals surface area contributed by atoms with Crippen LogP contribution in [0.2, 0.25) is 0 Å². The Morgan fingerprint density at radius 1 is 1.44 bits per heavy atom. The number of nitriles is 1. The molecule has 0 aromatic carbocycles. The number of nitrogens with zero attached hydrogens (tertiary/aromatic N) is 4. The smallest absolute Gasteiger partial charge is 0.134 e. The highest BCUT2D eigenvalue weighted by Gasteiger charge is 2.13. The first-order valence-electron chi connectivity index (χ1n) is 6.31. The number of nitrogens with one attached hydrogen (secondary N) is 1. The summed E-state index contributed by atoms with van der Waals surface area (Å²) < 4.78 is 0. The molecule has 0 amide bonds. The summed E-state index contributed by atoms with van der Waals surface area (Å²) in [5, 5.41) is 11.8. The highest BCUT2D eigenvalue weighted by molar-refractivity contribution is 5.49. The lowest BCUT2D eigenvalue weighted by atomic mass is 10.2. The summed E-state index contributed by atoms with van der Waals surface area (Å²) in [4.78, 5) is 11.0. The number of hydrogen-bond donors (Lipinski definition) is 1. The maximum atomic E-state index is 8.72. The molecule has 0 spiro atoms. The Balaban J connectivity index is 3.06. The Morgan fingerprint density at radius 3 is 2.67 bits per heavy atom. The van der Waals surface area contributed by atoms with Gasteiger partial charge in [-0.2, -0.15) is 5.26 Å². The SMILES string of the molecule is CCc1nc(NC)cc(N(CCC#N)C(C)C)n1. The van der Waals surface area contributed by atoms with Crippen LogP contribution in [0.5, 0.6) is 0 Å². The Morgan fingerprint density at radius 2 is 2.17 bits per heavy atom. The third-order valence-electron chi connectivity index (χ3n) is 2.71. The van der Waals surface area contributed by atoms with Crippen LogP contribution in [0.15, 0.2) is 6.07 Å². The zero-order valence-electron chi connectivity index (χ0n) is 11.6. The van der Waals surface area contributed by atoms with Crippen molar-refractivity contribution in [3.63, 3.8) is 0 Å². The van der Waals surface area contributed by atoms with Gasteiger partial charge in [0.05, 0.1) is 12.5 Å². The molecule has 0 radical (unpaired) electrons. The molecular formula is C13H21N5. The molecule has 0 saturated heterocycles. The molecular weight excluding hydrogens is 226 g/mol. The van der Waals surface area contributed by atoms with Crippen LogP contribution in [-0.2, 0) is 6.42 Å². The van der Waals surface area contributed by atoms with Gasteiger partial charge in [0.25, 0.3) is 0 Å². The van der Waals surface area contributed by atoms with Crippen LogP contribution in [0.3, 0.4) is 0 Å². The van der Waals surface area contributed by atoms with Crippen LogP contribution in [0.25, 0.3) is 0 Å². The van der Waals surface area contributed by atoms with Crippen molar-refractivity contribution in [1.29, 1.82) is 5.26 Å². The number of anilines is 2. The molecule has 1 heterocycles. The van der Waals surface area contributed by atoms with E-state index in [4.69, 9.17) is 5.26 Å². The molecule has 0 saturated carbocycles. The van der Waals surface area contributed by atoms with Crippen molar-refractivity contribution in [3.05, 3.63) is 11.9 Å². The average molecular weight is 247 g/mol. The Hall–Kier alpha value is -1.83. The van der Waals surface area contributed by atoms with Crippen LogP contribution < -0.4 is 10.2 Å². The van der Waals surface area contributed by atoms with Gasteiger partial charge in [0.15, 0.2) is 0 Å². The average Bonchev–Trinajstić information content (AvgIpc) is 2.38. The van der Waals surface area contributed by atoms with E-state index in [1.54, 1.807) is 0 Å². The van der Waals surface area contributed by atoms with Crippen molar-refractivity contribution in [2.75, 3.05) is 23.8 Å². The monoisotopic (exact) mass is 247 g/mol. The first kappa shape index (κ1) is 14.2. The number of hydrogen-bond acceptors (Lipinski definition) is 5. The molecule has 0 fully saturated rings. The van der Waals surface area contributed by atoms with Crippen molar-refractivity contribution in [1.82, 2.24) is 9.97 Å². The van der Waals surface area contributed by atoms with Crippen LogP contribution in [-0.4, -0.2) is 29.6 Å². The molecule has 5 nitrogen and oxygen atoms in total. The lowest BCUT2D eigenvalue weighted by Gasteiger charge is -2.27. The van der Waals surface area contributed by atoms with Crippen LogP contribution in [0.4, 0.5) is 11.6 Å². The highest BCUT2D eigenvalue weighted by Crippen LogP contribution is 2.18. The zero-order chi connectivity index (χ0) is 13.5. The van der Waals surface area contributed by atoms with Gasteiger partial charge in [0, 0.05) is 32.1 Å². The molecule has 1 N–H and O–H groups in total. The summed E-state index contributed by atoms with van der Waals surface area (Å²) in [7, 11) is 1.85. The fourth-order valence-electron chi connectivity index (χ4n) is 1.72. The van der Waals surface area contributed by atoms with Gasteiger partial charge in [-0.05, 0) is 13.8 Å². The van der Waals surface area contributed by atoms with Crippen molar-refractivity contribution in [2.45, 2.75) is 39.7 Å². The largest absolute Gasteiger partial charge is 0.373 e. The molecule has 0 bridgehead atoms. The van der Waals surface area contributed by atoms with Crippen molar-refractivity contribution < 1.29 is 0 Å². The number of aryl methyl sites for hydroxylation is 1. The van der Waals surface area contributed by atoms with Crippen LogP contribution >= 0.6 is 0 Å². The van der Waals surface area contributed by atoms with E-state index in [9.17, 15) is 0 Å². The van der Waals surface area contributed by atoms with Crippen LogP contribution in [0.1, 0.15) is 33.0 Å². The summed E-state index contributed by atoms with van der Waals surface area (Å²) >= 11 is 0. The second-order valence-corrected chi connectivity index (χ2v) is 4.33. The van der Waals surface area contributed by atoms with E-state index < -0.39 is 0 Å².